The Kier molecular flexibility index (Phi) is 5.46. The van der Waals surface area contributed by atoms with Gasteiger partial charge in [0.2, 0.25) is 0 Å². The second-order valence-electron chi connectivity index (χ2n) is 4.57. The highest BCUT2D eigenvalue weighted by Crippen LogP contribution is 2.19. The van der Waals surface area contributed by atoms with Gasteiger partial charge in [-0.1, -0.05) is 48.5 Å². The van der Waals surface area contributed by atoms with E-state index in [2.05, 4.69) is 5.32 Å². The summed E-state index contributed by atoms with van der Waals surface area (Å²) in [5, 5.41) is 3.06. The number of halogens is 1. The van der Waals surface area contributed by atoms with Crippen molar-refractivity contribution >= 4 is 5.97 Å². The second kappa shape index (κ2) is 7.55. The fourth-order valence-corrected chi connectivity index (χ4v) is 2.07. The molecule has 0 saturated carbocycles. The molecule has 0 aliphatic heterocycles. The molecule has 0 heterocycles. The van der Waals surface area contributed by atoms with Gasteiger partial charge in [-0.2, -0.15) is 0 Å². The van der Waals surface area contributed by atoms with Crippen molar-refractivity contribution in [3.63, 3.8) is 0 Å². The maximum absolute atomic E-state index is 13.9. The van der Waals surface area contributed by atoms with Gasteiger partial charge in [0.15, 0.2) is 0 Å². The lowest BCUT2D eigenvalue weighted by Crippen LogP contribution is -2.30. The Morgan fingerprint density at radius 1 is 1.14 bits per heavy atom. The Bertz CT molecular complexity index is 586. The Morgan fingerprint density at radius 2 is 1.81 bits per heavy atom. The number of hydrogen-bond donors (Lipinski definition) is 1. The van der Waals surface area contributed by atoms with Crippen molar-refractivity contribution in [1.29, 1.82) is 0 Å². The van der Waals surface area contributed by atoms with Crippen molar-refractivity contribution in [2.45, 2.75) is 19.5 Å². The third-order valence-electron chi connectivity index (χ3n) is 3.09. The van der Waals surface area contributed by atoms with Crippen LogP contribution in [0.2, 0.25) is 0 Å². The van der Waals surface area contributed by atoms with Crippen LogP contribution >= 0.6 is 0 Å². The topological polar surface area (TPSA) is 38.3 Å². The molecule has 0 spiro atoms. The van der Waals surface area contributed by atoms with Crippen LogP contribution in [-0.4, -0.2) is 12.6 Å². The highest BCUT2D eigenvalue weighted by molar-refractivity contribution is 5.77. The van der Waals surface area contributed by atoms with E-state index in [1.165, 1.54) is 6.07 Å². The number of ether oxygens (including phenoxy) is 1. The van der Waals surface area contributed by atoms with E-state index in [1.807, 2.05) is 30.3 Å². The van der Waals surface area contributed by atoms with Crippen LogP contribution in [0.25, 0.3) is 0 Å². The average Bonchev–Trinajstić information content (AvgIpc) is 2.50. The number of esters is 1. The molecule has 0 aliphatic rings. The molecular weight excluding hydrogens is 269 g/mol. The fourth-order valence-electron chi connectivity index (χ4n) is 2.07. The van der Waals surface area contributed by atoms with Crippen molar-refractivity contribution in [3.05, 3.63) is 71.5 Å². The van der Waals surface area contributed by atoms with Gasteiger partial charge in [-0.15, -0.1) is 0 Å². The van der Waals surface area contributed by atoms with Crippen LogP contribution in [0.15, 0.2) is 54.6 Å². The minimum absolute atomic E-state index is 0.261. The fraction of sp³-hybridized carbons (Fsp3) is 0.235. The Balaban J connectivity index is 2.17. The van der Waals surface area contributed by atoms with Crippen molar-refractivity contribution in [1.82, 2.24) is 5.32 Å². The molecule has 0 aliphatic carbocycles. The first kappa shape index (κ1) is 15.2. The van der Waals surface area contributed by atoms with Crippen molar-refractivity contribution in [2.75, 3.05) is 6.61 Å². The summed E-state index contributed by atoms with van der Waals surface area (Å²) in [6.45, 7) is 2.45. The number of carbonyl (C=O) groups excluding carboxylic acids is 1. The zero-order chi connectivity index (χ0) is 15.1. The van der Waals surface area contributed by atoms with Gasteiger partial charge in [0, 0.05) is 12.1 Å². The molecule has 0 amide bonds. The summed E-state index contributed by atoms with van der Waals surface area (Å²) in [4.78, 5) is 12.1. The molecule has 3 nitrogen and oxygen atoms in total. The lowest BCUT2D eigenvalue weighted by Gasteiger charge is -2.18. The summed E-state index contributed by atoms with van der Waals surface area (Å²) >= 11 is 0. The molecule has 2 aromatic carbocycles. The quantitative estimate of drug-likeness (QED) is 0.829. The van der Waals surface area contributed by atoms with Gasteiger partial charge in [-0.25, -0.2) is 9.18 Å². The minimum atomic E-state index is -0.814. The predicted octanol–water partition coefficient (Wildman–Crippen LogP) is 3.22. The molecule has 2 rings (SSSR count). The predicted molar refractivity (Wildman–Crippen MR) is 79.1 cm³/mol. The summed E-state index contributed by atoms with van der Waals surface area (Å²) in [5.74, 6) is -0.894. The lowest BCUT2D eigenvalue weighted by molar-refractivity contribution is -0.146. The average molecular weight is 287 g/mol. The smallest absolute Gasteiger partial charge is 0.327 e. The van der Waals surface area contributed by atoms with Crippen LogP contribution in [0.1, 0.15) is 24.1 Å². The summed E-state index contributed by atoms with van der Waals surface area (Å²) in [6, 6.07) is 15.1. The van der Waals surface area contributed by atoms with E-state index < -0.39 is 17.8 Å². The number of rotatable bonds is 6. The van der Waals surface area contributed by atoms with Crippen LogP contribution in [0.5, 0.6) is 0 Å². The molecular formula is C17H18FNO2. The van der Waals surface area contributed by atoms with E-state index in [0.717, 1.165) is 5.56 Å². The minimum Gasteiger partial charge on any atom is -0.465 e. The molecule has 1 N–H and O–H groups in total. The van der Waals surface area contributed by atoms with Crippen LogP contribution in [0.4, 0.5) is 4.39 Å². The molecule has 0 radical (unpaired) electrons. The maximum Gasteiger partial charge on any atom is 0.327 e. The van der Waals surface area contributed by atoms with E-state index in [1.54, 1.807) is 25.1 Å². The third-order valence-corrected chi connectivity index (χ3v) is 3.09. The maximum atomic E-state index is 13.9. The number of hydrogen-bond acceptors (Lipinski definition) is 3. The molecule has 1 atom stereocenters. The van der Waals surface area contributed by atoms with Gasteiger partial charge in [0.25, 0.3) is 0 Å². The first-order chi connectivity index (χ1) is 10.2. The Hall–Kier alpha value is -2.20. The van der Waals surface area contributed by atoms with Crippen molar-refractivity contribution < 1.29 is 13.9 Å². The molecule has 21 heavy (non-hydrogen) atoms. The Labute approximate surface area is 123 Å². The number of carbonyl (C=O) groups is 1. The molecule has 0 aromatic heterocycles. The van der Waals surface area contributed by atoms with E-state index in [9.17, 15) is 9.18 Å². The third kappa shape index (κ3) is 4.13. The van der Waals surface area contributed by atoms with Gasteiger partial charge in [0.1, 0.15) is 11.9 Å². The normalized spacial score (nSPS) is 11.9. The van der Waals surface area contributed by atoms with Crippen molar-refractivity contribution in [3.8, 4) is 0 Å². The molecule has 110 valence electrons. The Morgan fingerprint density at radius 3 is 2.48 bits per heavy atom. The first-order valence-electron chi connectivity index (χ1n) is 6.90. The van der Waals surface area contributed by atoms with Crippen molar-refractivity contribution in [2.24, 2.45) is 0 Å². The van der Waals surface area contributed by atoms with Gasteiger partial charge in [0.05, 0.1) is 6.61 Å². The zero-order valence-electron chi connectivity index (χ0n) is 11.9. The van der Waals surface area contributed by atoms with E-state index >= 15 is 0 Å². The van der Waals surface area contributed by atoms with E-state index in [0.29, 0.717) is 12.1 Å². The lowest BCUT2D eigenvalue weighted by atomic mass is 10.1. The first-order valence-corrected chi connectivity index (χ1v) is 6.90. The van der Waals surface area contributed by atoms with E-state index in [4.69, 9.17) is 4.74 Å². The summed E-state index contributed by atoms with van der Waals surface area (Å²) in [5.41, 5.74) is 1.31. The standard InChI is InChI=1S/C17H18FNO2/c1-2-21-17(20)16(14-10-6-7-11-15(14)18)19-12-13-8-4-3-5-9-13/h3-11,16,19H,2,12H2,1H3. The van der Waals surface area contributed by atoms with Crippen LogP contribution in [-0.2, 0) is 16.1 Å². The zero-order valence-corrected chi connectivity index (χ0v) is 11.9. The molecule has 1 unspecified atom stereocenters. The summed E-state index contributed by atoms with van der Waals surface area (Å²) in [6.07, 6.45) is 0. The number of nitrogens with one attached hydrogen (secondary N) is 1. The summed E-state index contributed by atoms with van der Waals surface area (Å²) < 4.78 is 19.0. The van der Waals surface area contributed by atoms with E-state index in [-0.39, 0.29) is 6.61 Å². The van der Waals surface area contributed by atoms with Gasteiger partial charge in [-0.3, -0.25) is 5.32 Å². The largest absolute Gasteiger partial charge is 0.465 e. The molecule has 4 heteroatoms. The van der Waals surface area contributed by atoms with Gasteiger partial charge < -0.3 is 4.74 Å². The molecule has 0 bridgehead atoms. The SMILES string of the molecule is CCOC(=O)C(NCc1ccccc1)c1ccccc1F. The van der Waals surface area contributed by atoms with Gasteiger partial charge >= 0.3 is 5.97 Å². The monoisotopic (exact) mass is 287 g/mol. The van der Waals surface area contributed by atoms with Crippen LogP contribution in [0, 0.1) is 5.82 Å². The molecule has 0 saturated heterocycles. The highest BCUT2D eigenvalue weighted by atomic mass is 19.1. The van der Waals surface area contributed by atoms with Crippen LogP contribution in [0.3, 0.4) is 0 Å². The molecule has 0 fully saturated rings. The number of benzene rings is 2. The molecule has 2 aromatic rings. The highest BCUT2D eigenvalue weighted by Gasteiger charge is 2.24. The van der Waals surface area contributed by atoms with Crippen LogP contribution < -0.4 is 5.32 Å². The van der Waals surface area contributed by atoms with Gasteiger partial charge in [-0.05, 0) is 18.6 Å². The second-order valence-corrected chi connectivity index (χ2v) is 4.57. The summed E-state index contributed by atoms with van der Waals surface area (Å²) in [7, 11) is 0.